The second kappa shape index (κ2) is 3.72. The van der Waals surface area contributed by atoms with Gasteiger partial charge in [0.05, 0.1) is 0 Å². The minimum atomic E-state index is -0.603. The van der Waals surface area contributed by atoms with Gasteiger partial charge in [-0.3, -0.25) is 4.98 Å². The maximum atomic E-state index is 11.6. The summed E-state index contributed by atoms with van der Waals surface area (Å²) in [6.07, 6.45) is 1.64. The summed E-state index contributed by atoms with van der Waals surface area (Å²) in [5, 5.41) is 0. The van der Waals surface area contributed by atoms with Crippen LogP contribution in [0.2, 0.25) is 0 Å². The van der Waals surface area contributed by atoms with Crippen LogP contribution in [0.3, 0.4) is 0 Å². The number of pyridine rings is 1. The van der Waals surface area contributed by atoms with Gasteiger partial charge in [-0.15, -0.1) is 0 Å². The van der Waals surface area contributed by atoms with Gasteiger partial charge in [0.2, 0.25) is 0 Å². The lowest BCUT2D eigenvalue weighted by molar-refractivity contribution is 0.573. The van der Waals surface area contributed by atoms with E-state index in [1.54, 1.807) is 6.20 Å². The van der Waals surface area contributed by atoms with Crippen molar-refractivity contribution in [3.05, 3.63) is 29.6 Å². The van der Waals surface area contributed by atoms with E-state index in [1.165, 1.54) is 0 Å². The first-order valence-corrected chi connectivity index (χ1v) is 3.30. The van der Waals surface area contributed by atoms with Crippen molar-refractivity contribution in [1.82, 2.24) is 4.98 Å². The van der Waals surface area contributed by atoms with E-state index >= 15 is 0 Å². The van der Waals surface area contributed by atoms with Crippen LogP contribution in [0, 0.1) is 18.8 Å². The van der Waals surface area contributed by atoms with Gasteiger partial charge >= 0.3 is 0 Å². The standard InChI is InChI=1S/C9H8FN/c1-8-4-5-9(7-11-8)3-2-6-10/h4-5,7H,6H2,1H3. The summed E-state index contributed by atoms with van der Waals surface area (Å²) in [4.78, 5) is 4.01. The molecule has 56 valence electrons. The van der Waals surface area contributed by atoms with Gasteiger partial charge in [0, 0.05) is 17.5 Å². The van der Waals surface area contributed by atoms with Crippen molar-refractivity contribution in [2.75, 3.05) is 6.67 Å². The molecule has 0 aliphatic heterocycles. The topological polar surface area (TPSA) is 12.9 Å². The zero-order valence-corrected chi connectivity index (χ0v) is 6.26. The Hall–Kier alpha value is -1.36. The summed E-state index contributed by atoms with van der Waals surface area (Å²) >= 11 is 0. The van der Waals surface area contributed by atoms with Crippen molar-refractivity contribution < 1.29 is 4.39 Å². The Morgan fingerprint density at radius 2 is 2.36 bits per heavy atom. The van der Waals surface area contributed by atoms with E-state index in [2.05, 4.69) is 16.8 Å². The van der Waals surface area contributed by atoms with Crippen molar-refractivity contribution >= 4 is 0 Å². The molecule has 2 heteroatoms. The van der Waals surface area contributed by atoms with Crippen molar-refractivity contribution in [1.29, 1.82) is 0 Å². The van der Waals surface area contributed by atoms with Crippen LogP contribution >= 0.6 is 0 Å². The summed E-state index contributed by atoms with van der Waals surface area (Å²) in [5.74, 6) is 4.96. The third kappa shape index (κ3) is 2.38. The highest BCUT2D eigenvalue weighted by molar-refractivity contribution is 5.32. The Labute approximate surface area is 65.3 Å². The van der Waals surface area contributed by atoms with Crippen molar-refractivity contribution in [3.8, 4) is 11.8 Å². The molecule has 1 heterocycles. The molecule has 0 amide bonds. The molecule has 1 rings (SSSR count). The Bertz CT molecular complexity index is 279. The Morgan fingerprint density at radius 1 is 1.55 bits per heavy atom. The first-order chi connectivity index (χ1) is 5.33. The first-order valence-electron chi connectivity index (χ1n) is 3.30. The maximum Gasteiger partial charge on any atom is 0.150 e. The van der Waals surface area contributed by atoms with Crippen molar-refractivity contribution in [3.63, 3.8) is 0 Å². The summed E-state index contributed by atoms with van der Waals surface area (Å²) < 4.78 is 11.6. The number of aromatic nitrogens is 1. The molecule has 0 fully saturated rings. The van der Waals surface area contributed by atoms with E-state index in [0.717, 1.165) is 11.3 Å². The van der Waals surface area contributed by atoms with Gasteiger partial charge in [-0.25, -0.2) is 4.39 Å². The van der Waals surface area contributed by atoms with Gasteiger partial charge in [-0.1, -0.05) is 11.8 Å². The molecule has 0 atom stereocenters. The smallest absolute Gasteiger partial charge is 0.150 e. The number of rotatable bonds is 0. The molecule has 0 spiro atoms. The fraction of sp³-hybridized carbons (Fsp3) is 0.222. The van der Waals surface area contributed by atoms with E-state index in [1.807, 2.05) is 19.1 Å². The summed E-state index contributed by atoms with van der Waals surface area (Å²) in [6, 6.07) is 3.67. The van der Waals surface area contributed by atoms with E-state index in [-0.39, 0.29) is 0 Å². The average Bonchev–Trinajstić information content (AvgIpc) is 2.04. The van der Waals surface area contributed by atoms with Crippen LogP contribution in [0.1, 0.15) is 11.3 Å². The average molecular weight is 149 g/mol. The quantitative estimate of drug-likeness (QED) is 0.512. The van der Waals surface area contributed by atoms with Crippen LogP contribution in [0.15, 0.2) is 18.3 Å². The number of hydrogen-bond acceptors (Lipinski definition) is 1. The molecule has 0 bridgehead atoms. The highest BCUT2D eigenvalue weighted by Crippen LogP contribution is 1.96. The summed E-state index contributed by atoms with van der Waals surface area (Å²) in [6.45, 7) is 1.29. The molecule has 0 radical (unpaired) electrons. The predicted octanol–water partition coefficient (Wildman–Crippen LogP) is 1.71. The van der Waals surface area contributed by atoms with Gasteiger partial charge in [-0.2, -0.15) is 0 Å². The van der Waals surface area contributed by atoms with E-state index < -0.39 is 6.67 Å². The zero-order valence-electron chi connectivity index (χ0n) is 6.26. The van der Waals surface area contributed by atoms with Crippen molar-refractivity contribution in [2.45, 2.75) is 6.92 Å². The van der Waals surface area contributed by atoms with Crippen LogP contribution in [-0.4, -0.2) is 11.7 Å². The summed E-state index contributed by atoms with van der Waals surface area (Å²) in [7, 11) is 0. The predicted molar refractivity (Wildman–Crippen MR) is 41.8 cm³/mol. The molecule has 0 unspecified atom stereocenters. The van der Waals surface area contributed by atoms with Gasteiger partial charge < -0.3 is 0 Å². The molecule has 0 saturated carbocycles. The second-order valence-corrected chi connectivity index (χ2v) is 2.12. The van der Waals surface area contributed by atoms with Crippen molar-refractivity contribution in [2.24, 2.45) is 0 Å². The van der Waals surface area contributed by atoms with Crippen LogP contribution < -0.4 is 0 Å². The van der Waals surface area contributed by atoms with Crippen LogP contribution in [0.25, 0.3) is 0 Å². The summed E-state index contributed by atoms with van der Waals surface area (Å²) in [5.41, 5.74) is 1.70. The highest BCUT2D eigenvalue weighted by Gasteiger charge is 1.85. The van der Waals surface area contributed by atoms with Gasteiger partial charge in [0.1, 0.15) is 0 Å². The molecule has 0 saturated heterocycles. The highest BCUT2D eigenvalue weighted by atomic mass is 19.1. The van der Waals surface area contributed by atoms with Gasteiger partial charge in [0.15, 0.2) is 6.67 Å². The Kier molecular flexibility index (Phi) is 2.62. The molecular formula is C9H8FN. The molecule has 0 aromatic carbocycles. The zero-order chi connectivity index (χ0) is 8.10. The number of hydrogen-bond donors (Lipinski definition) is 0. The molecule has 1 aromatic heterocycles. The fourth-order valence-corrected chi connectivity index (χ4v) is 0.677. The molecule has 11 heavy (non-hydrogen) atoms. The monoisotopic (exact) mass is 149 g/mol. The molecule has 1 nitrogen and oxygen atoms in total. The lowest BCUT2D eigenvalue weighted by atomic mass is 10.2. The molecule has 0 N–H and O–H groups in total. The molecule has 1 aromatic rings. The van der Waals surface area contributed by atoms with E-state index in [0.29, 0.717) is 0 Å². The second-order valence-electron chi connectivity index (χ2n) is 2.12. The van der Waals surface area contributed by atoms with E-state index in [4.69, 9.17) is 0 Å². The lowest BCUT2D eigenvalue weighted by Gasteiger charge is -1.89. The van der Waals surface area contributed by atoms with Gasteiger partial charge in [0.25, 0.3) is 0 Å². The third-order valence-corrected chi connectivity index (χ3v) is 1.21. The van der Waals surface area contributed by atoms with Crippen LogP contribution in [0.5, 0.6) is 0 Å². The SMILES string of the molecule is Cc1ccc(C#CCF)cn1. The minimum absolute atomic E-state index is 0.603. The molecule has 0 aliphatic carbocycles. The maximum absolute atomic E-state index is 11.6. The van der Waals surface area contributed by atoms with Gasteiger partial charge in [-0.05, 0) is 19.1 Å². The van der Waals surface area contributed by atoms with Crippen LogP contribution in [-0.2, 0) is 0 Å². The minimum Gasteiger partial charge on any atom is -0.260 e. The number of aryl methyl sites for hydroxylation is 1. The largest absolute Gasteiger partial charge is 0.260 e. The molecular weight excluding hydrogens is 141 g/mol. The van der Waals surface area contributed by atoms with E-state index in [9.17, 15) is 4.39 Å². The number of halogens is 1. The Balaban J connectivity index is 2.82. The normalized spacial score (nSPS) is 8.55. The lowest BCUT2D eigenvalue weighted by Crippen LogP contribution is -1.81. The molecule has 0 aliphatic rings. The number of nitrogens with zero attached hydrogens (tertiary/aromatic N) is 1. The third-order valence-electron chi connectivity index (χ3n) is 1.21. The Morgan fingerprint density at radius 3 is 2.91 bits per heavy atom. The first kappa shape index (κ1) is 7.74. The fourth-order valence-electron chi connectivity index (χ4n) is 0.677. The number of alkyl halides is 1. The van der Waals surface area contributed by atoms with Crippen LogP contribution in [0.4, 0.5) is 4.39 Å².